The first-order valence-corrected chi connectivity index (χ1v) is 3.53. The minimum absolute atomic E-state index is 0. The molecule has 0 saturated heterocycles. The van der Waals surface area contributed by atoms with Crippen molar-refractivity contribution in [2.45, 2.75) is 6.92 Å². The summed E-state index contributed by atoms with van der Waals surface area (Å²) < 4.78 is 1.06. The van der Waals surface area contributed by atoms with Crippen molar-refractivity contribution in [1.29, 1.82) is 0 Å². The van der Waals surface area contributed by atoms with E-state index in [1.165, 1.54) is 4.88 Å². The van der Waals surface area contributed by atoms with Crippen molar-refractivity contribution in [3.8, 4) is 0 Å². The Hall–Kier alpha value is 0.777. The van der Waals surface area contributed by atoms with Crippen LogP contribution in [0.5, 0.6) is 0 Å². The van der Waals surface area contributed by atoms with Gasteiger partial charge < -0.3 is 0 Å². The summed E-state index contributed by atoms with van der Waals surface area (Å²) in [5.74, 6) is 0. The van der Waals surface area contributed by atoms with Gasteiger partial charge in [-0.15, -0.1) is 10.3 Å². The third-order valence-electron chi connectivity index (χ3n) is 0.640. The maximum atomic E-state index is 3.29. The third-order valence-corrected chi connectivity index (χ3v) is 2.09. The molecule has 0 radical (unpaired) electrons. The number of thiophene rings is 1. The summed E-state index contributed by atoms with van der Waals surface area (Å²) in [6.45, 7) is 2.06. The third kappa shape index (κ3) is 2.37. The van der Waals surface area contributed by atoms with Crippen LogP contribution in [-0.4, -0.2) is 0 Å². The van der Waals surface area contributed by atoms with Gasteiger partial charge in [0.05, 0.1) is 0 Å². The Balaban J connectivity index is 0.000000490. The molecule has 0 spiro atoms. The maximum Gasteiger partial charge on any atom is 1.00 e. The first-order chi connectivity index (χ1) is 3.29. The fourth-order valence-corrected chi connectivity index (χ4v) is 1.60. The largest absolute Gasteiger partial charge is 1.00 e. The molecule has 1 aromatic heterocycles. The fraction of sp³-hybridized carbons (Fsp3) is 0.200. The molecule has 0 nitrogen and oxygen atoms in total. The average molecular weight is 183 g/mol. The zero-order valence-corrected chi connectivity index (χ0v) is 7.27. The van der Waals surface area contributed by atoms with Crippen LogP contribution in [0.1, 0.15) is 4.88 Å². The summed E-state index contributed by atoms with van der Waals surface area (Å²) in [4.78, 5) is 1.30. The van der Waals surface area contributed by atoms with Gasteiger partial charge in [-0.05, 0) is 0 Å². The van der Waals surface area contributed by atoms with Crippen LogP contribution in [0.3, 0.4) is 0 Å². The van der Waals surface area contributed by atoms with Crippen molar-refractivity contribution >= 4 is 27.3 Å². The van der Waals surface area contributed by atoms with Crippen LogP contribution in [0.25, 0.3) is 0 Å². The summed E-state index contributed by atoms with van der Waals surface area (Å²) in [5.41, 5.74) is 0. The van der Waals surface area contributed by atoms with E-state index in [2.05, 4.69) is 28.2 Å². The molecule has 1 aromatic rings. The van der Waals surface area contributed by atoms with E-state index in [9.17, 15) is 0 Å². The fourth-order valence-electron chi connectivity index (χ4n) is 0.367. The summed E-state index contributed by atoms with van der Waals surface area (Å²) >= 11 is 4.92. The number of aryl methyl sites for hydroxylation is 1. The molecule has 0 aliphatic heterocycles. The number of rotatable bonds is 0. The van der Waals surface area contributed by atoms with Gasteiger partial charge in [-0.2, -0.15) is 6.07 Å². The number of halogens is 1. The van der Waals surface area contributed by atoms with Gasteiger partial charge in [0.2, 0.25) is 0 Å². The van der Waals surface area contributed by atoms with E-state index in [1.54, 1.807) is 11.3 Å². The Labute approximate surface area is 73.6 Å². The molecule has 0 aliphatic rings. The molecule has 1 heterocycles. The Morgan fingerprint density at radius 1 is 1.75 bits per heavy atom. The van der Waals surface area contributed by atoms with E-state index in [4.69, 9.17) is 0 Å². The van der Waals surface area contributed by atoms with Gasteiger partial charge in [0.25, 0.3) is 0 Å². The molecule has 0 unspecified atom stereocenters. The van der Waals surface area contributed by atoms with Crippen LogP contribution < -0.4 is 18.9 Å². The predicted octanol–water partition coefficient (Wildman–Crippen LogP) is -0.377. The second-order valence-corrected chi connectivity index (χ2v) is 3.21. The SMILES string of the molecule is Cc1cc(Br)[c-]s1.[Li+]. The first kappa shape index (κ1) is 8.78. The Bertz CT molecular complexity index is 145. The Kier molecular flexibility index (Phi) is 4.10. The Morgan fingerprint density at radius 3 is 2.50 bits per heavy atom. The van der Waals surface area contributed by atoms with Gasteiger partial charge in [0, 0.05) is 0 Å². The molecule has 0 N–H and O–H groups in total. The molecule has 3 heteroatoms. The zero-order chi connectivity index (χ0) is 5.28. The van der Waals surface area contributed by atoms with Crippen LogP contribution in [0, 0.1) is 12.3 Å². The van der Waals surface area contributed by atoms with Crippen molar-refractivity contribution in [2.24, 2.45) is 0 Å². The van der Waals surface area contributed by atoms with E-state index in [0.717, 1.165) is 4.47 Å². The molecular weight excluding hydrogens is 179 g/mol. The smallest absolute Gasteiger partial charge is 0.299 e. The van der Waals surface area contributed by atoms with Gasteiger partial charge in [-0.3, -0.25) is 11.3 Å². The van der Waals surface area contributed by atoms with Crippen molar-refractivity contribution in [1.82, 2.24) is 0 Å². The minimum Gasteiger partial charge on any atom is -0.299 e. The molecule has 0 atom stereocenters. The molecule has 8 heavy (non-hydrogen) atoms. The van der Waals surface area contributed by atoms with Gasteiger partial charge in [-0.1, -0.05) is 27.3 Å². The monoisotopic (exact) mass is 182 g/mol. The standard InChI is InChI=1S/C5H4BrS.Li/c1-4-2-5(6)3-7-4;/h2H,1H3;/q-1;+1. The number of hydrogen-bond acceptors (Lipinski definition) is 1. The van der Waals surface area contributed by atoms with Gasteiger partial charge in [0.1, 0.15) is 0 Å². The zero-order valence-electron chi connectivity index (χ0n) is 4.86. The van der Waals surface area contributed by atoms with E-state index in [-0.39, 0.29) is 18.9 Å². The molecule has 0 fully saturated rings. The van der Waals surface area contributed by atoms with E-state index < -0.39 is 0 Å². The van der Waals surface area contributed by atoms with Crippen LogP contribution in [0.4, 0.5) is 0 Å². The van der Waals surface area contributed by atoms with Crippen molar-refractivity contribution < 1.29 is 18.9 Å². The van der Waals surface area contributed by atoms with Crippen LogP contribution in [0.15, 0.2) is 10.5 Å². The maximum absolute atomic E-state index is 3.29. The van der Waals surface area contributed by atoms with Crippen LogP contribution in [-0.2, 0) is 0 Å². The molecule has 0 bridgehead atoms. The first-order valence-electron chi connectivity index (χ1n) is 1.92. The molecule has 0 amide bonds. The molecule has 0 aromatic carbocycles. The minimum atomic E-state index is 0. The van der Waals surface area contributed by atoms with Gasteiger partial charge in [0.15, 0.2) is 0 Å². The Morgan fingerprint density at radius 2 is 2.38 bits per heavy atom. The van der Waals surface area contributed by atoms with Crippen LogP contribution in [0.2, 0.25) is 0 Å². The van der Waals surface area contributed by atoms with Gasteiger partial charge >= 0.3 is 18.9 Å². The van der Waals surface area contributed by atoms with E-state index in [1.807, 2.05) is 6.07 Å². The van der Waals surface area contributed by atoms with E-state index in [0.29, 0.717) is 0 Å². The second kappa shape index (κ2) is 3.74. The van der Waals surface area contributed by atoms with E-state index >= 15 is 0 Å². The normalized spacial score (nSPS) is 8.25. The molecule has 0 saturated carbocycles. The van der Waals surface area contributed by atoms with Crippen molar-refractivity contribution in [3.63, 3.8) is 0 Å². The quantitative estimate of drug-likeness (QED) is 0.380. The summed E-state index contributed by atoms with van der Waals surface area (Å²) in [7, 11) is 0. The van der Waals surface area contributed by atoms with Crippen molar-refractivity contribution in [3.05, 3.63) is 20.8 Å². The second-order valence-electron chi connectivity index (χ2n) is 1.31. The molecule has 1 rings (SSSR count). The summed E-state index contributed by atoms with van der Waals surface area (Å²) in [5, 5.41) is 3.03. The summed E-state index contributed by atoms with van der Waals surface area (Å²) in [6, 6.07) is 2.05. The van der Waals surface area contributed by atoms with Crippen molar-refractivity contribution in [2.75, 3.05) is 0 Å². The predicted molar refractivity (Wildman–Crippen MR) is 35.6 cm³/mol. The molecular formula is C5H4BrLiS. The molecule has 0 aliphatic carbocycles. The average Bonchev–Trinajstić information content (AvgIpc) is 1.87. The van der Waals surface area contributed by atoms with Gasteiger partial charge in [-0.25, -0.2) is 0 Å². The van der Waals surface area contributed by atoms with Crippen LogP contribution >= 0.6 is 27.3 Å². The molecule has 38 valence electrons. The summed E-state index contributed by atoms with van der Waals surface area (Å²) in [6.07, 6.45) is 0. The topological polar surface area (TPSA) is 0 Å². The number of hydrogen-bond donors (Lipinski definition) is 0.